The third-order valence-electron chi connectivity index (χ3n) is 6.00. The highest BCUT2D eigenvalue weighted by Gasteiger charge is 2.38. The quantitative estimate of drug-likeness (QED) is 0.630. The number of benzene rings is 2. The fraction of sp³-hybridized carbons (Fsp3) is 0.417. The van der Waals surface area contributed by atoms with Gasteiger partial charge in [-0.05, 0) is 37.0 Å². The van der Waals surface area contributed by atoms with E-state index in [0.717, 1.165) is 24.7 Å². The summed E-state index contributed by atoms with van der Waals surface area (Å²) in [5, 5.41) is 3.53. The summed E-state index contributed by atoms with van der Waals surface area (Å²) in [6, 6.07) is 20.7. The fourth-order valence-electron chi connectivity index (χ4n) is 4.44. The van der Waals surface area contributed by atoms with Crippen molar-refractivity contribution in [2.75, 3.05) is 32.0 Å². The predicted molar refractivity (Wildman–Crippen MR) is 118 cm³/mol. The first kappa shape index (κ1) is 19.5. The third-order valence-corrected chi connectivity index (χ3v) is 6.00. The number of nitrogens with zero attached hydrogens (tertiary/aromatic N) is 3. The Kier molecular flexibility index (Phi) is 6.13. The highest BCUT2D eigenvalue weighted by molar-refractivity contribution is 5.93. The molecule has 2 fully saturated rings. The summed E-state index contributed by atoms with van der Waals surface area (Å²) in [6.45, 7) is 2.70. The molecule has 2 aromatic carbocycles. The number of amides is 1. The highest BCUT2D eigenvalue weighted by Crippen LogP contribution is 2.37. The maximum atomic E-state index is 12.5. The number of anilines is 1. The van der Waals surface area contributed by atoms with Gasteiger partial charge in [-0.2, -0.15) is 0 Å². The van der Waals surface area contributed by atoms with Crippen molar-refractivity contribution in [2.45, 2.75) is 31.7 Å². The van der Waals surface area contributed by atoms with Gasteiger partial charge in [-0.3, -0.25) is 9.79 Å². The Balaban J connectivity index is 1.55. The number of hydrogen-bond donors (Lipinski definition) is 1. The summed E-state index contributed by atoms with van der Waals surface area (Å²) in [5.74, 6) is 1.33. The molecule has 1 N–H and O–H groups in total. The van der Waals surface area contributed by atoms with Crippen molar-refractivity contribution < 1.29 is 4.79 Å². The maximum absolute atomic E-state index is 12.5. The van der Waals surface area contributed by atoms with Crippen LogP contribution in [0.2, 0.25) is 0 Å². The zero-order valence-corrected chi connectivity index (χ0v) is 17.1. The van der Waals surface area contributed by atoms with Crippen molar-refractivity contribution in [3.05, 3.63) is 66.2 Å². The summed E-state index contributed by atoms with van der Waals surface area (Å²) < 4.78 is 0. The summed E-state index contributed by atoms with van der Waals surface area (Å²) in [4.78, 5) is 21.7. The fourth-order valence-corrected chi connectivity index (χ4v) is 4.44. The molecule has 0 spiro atoms. The average molecular weight is 391 g/mol. The molecule has 0 radical (unpaired) electrons. The van der Waals surface area contributed by atoms with Gasteiger partial charge in [-0.1, -0.05) is 48.5 Å². The standard InChI is InChI=1S/C24H30N4O/c1-27-22(29)17-20(23(27)19-11-5-2-6-12-19)18-25-24(28-15-9-4-10-16-28)26-21-13-7-3-8-14-21/h2-3,5-8,11-14,20,23H,4,9-10,15-18H2,1H3,(H,25,26). The lowest BCUT2D eigenvalue weighted by Gasteiger charge is -2.31. The van der Waals surface area contributed by atoms with Crippen LogP contribution >= 0.6 is 0 Å². The van der Waals surface area contributed by atoms with Gasteiger partial charge in [0.2, 0.25) is 5.91 Å². The zero-order chi connectivity index (χ0) is 20.1. The topological polar surface area (TPSA) is 47.9 Å². The molecule has 4 rings (SSSR count). The van der Waals surface area contributed by atoms with Crippen LogP contribution in [0.4, 0.5) is 5.69 Å². The minimum absolute atomic E-state index is 0.0896. The van der Waals surface area contributed by atoms with Crippen molar-refractivity contribution in [3.8, 4) is 0 Å². The van der Waals surface area contributed by atoms with E-state index in [-0.39, 0.29) is 17.9 Å². The first-order valence-electron chi connectivity index (χ1n) is 10.6. The number of hydrogen-bond acceptors (Lipinski definition) is 2. The first-order chi connectivity index (χ1) is 14.2. The van der Waals surface area contributed by atoms with Crippen LogP contribution in [0.25, 0.3) is 0 Å². The molecular weight excluding hydrogens is 360 g/mol. The van der Waals surface area contributed by atoms with Gasteiger partial charge in [-0.15, -0.1) is 0 Å². The molecule has 2 atom stereocenters. The molecule has 5 nitrogen and oxygen atoms in total. The third kappa shape index (κ3) is 4.61. The van der Waals surface area contributed by atoms with Crippen molar-refractivity contribution in [3.63, 3.8) is 0 Å². The number of nitrogens with one attached hydrogen (secondary N) is 1. The lowest BCUT2D eigenvalue weighted by molar-refractivity contribution is -0.127. The van der Waals surface area contributed by atoms with Crippen LogP contribution in [0.3, 0.4) is 0 Å². The minimum Gasteiger partial charge on any atom is -0.343 e. The number of aliphatic imine (C=N–C) groups is 1. The van der Waals surface area contributed by atoms with Gasteiger partial charge in [0.15, 0.2) is 5.96 Å². The molecule has 2 heterocycles. The maximum Gasteiger partial charge on any atom is 0.223 e. The molecule has 152 valence electrons. The zero-order valence-electron chi connectivity index (χ0n) is 17.1. The van der Waals surface area contributed by atoms with E-state index < -0.39 is 0 Å². The number of piperidine rings is 1. The Morgan fingerprint density at radius 3 is 2.34 bits per heavy atom. The molecule has 0 aliphatic carbocycles. The van der Waals surface area contributed by atoms with Crippen LogP contribution in [0, 0.1) is 5.92 Å². The van der Waals surface area contributed by atoms with Crippen molar-refractivity contribution in [1.29, 1.82) is 0 Å². The monoisotopic (exact) mass is 390 g/mol. The molecule has 0 aromatic heterocycles. The second-order valence-electron chi connectivity index (χ2n) is 8.03. The SMILES string of the molecule is CN1C(=O)CC(CN=C(Nc2ccccc2)N2CCCCC2)C1c1ccccc1. The van der Waals surface area contributed by atoms with Gasteiger partial charge in [0.05, 0.1) is 6.04 Å². The van der Waals surface area contributed by atoms with Crippen LogP contribution in [0.1, 0.15) is 37.3 Å². The first-order valence-corrected chi connectivity index (χ1v) is 10.6. The molecule has 5 heteroatoms. The number of likely N-dealkylation sites (tertiary alicyclic amines) is 2. The Bertz CT molecular complexity index is 830. The molecule has 0 saturated carbocycles. The largest absolute Gasteiger partial charge is 0.343 e. The van der Waals surface area contributed by atoms with Crippen molar-refractivity contribution >= 4 is 17.6 Å². The second kappa shape index (κ2) is 9.12. The van der Waals surface area contributed by atoms with Crippen LogP contribution in [0.5, 0.6) is 0 Å². The molecule has 1 amide bonds. The number of carbonyl (C=O) groups is 1. The number of para-hydroxylation sites is 1. The van der Waals surface area contributed by atoms with Crippen LogP contribution in [-0.2, 0) is 4.79 Å². The second-order valence-corrected chi connectivity index (χ2v) is 8.03. The van der Waals surface area contributed by atoms with E-state index in [1.54, 1.807) is 0 Å². The van der Waals surface area contributed by atoms with Crippen LogP contribution in [0.15, 0.2) is 65.7 Å². The summed E-state index contributed by atoms with van der Waals surface area (Å²) in [5.41, 5.74) is 2.24. The van der Waals surface area contributed by atoms with Crippen LogP contribution < -0.4 is 5.32 Å². The van der Waals surface area contributed by atoms with E-state index in [1.165, 1.54) is 24.8 Å². The van der Waals surface area contributed by atoms with E-state index in [1.807, 2.05) is 48.3 Å². The number of rotatable bonds is 4. The summed E-state index contributed by atoms with van der Waals surface area (Å²) >= 11 is 0. The lowest BCUT2D eigenvalue weighted by atomic mass is 9.94. The minimum atomic E-state index is 0.0896. The molecule has 2 aliphatic rings. The summed E-state index contributed by atoms with van der Waals surface area (Å²) in [6.07, 6.45) is 4.24. The van der Waals surface area contributed by atoms with E-state index in [9.17, 15) is 4.79 Å². The smallest absolute Gasteiger partial charge is 0.223 e. The molecule has 2 saturated heterocycles. The Morgan fingerprint density at radius 2 is 1.66 bits per heavy atom. The molecule has 29 heavy (non-hydrogen) atoms. The highest BCUT2D eigenvalue weighted by atomic mass is 16.2. The van der Waals surface area contributed by atoms with Gasteiger partial charge >= 0.3 is 0 Å². The summed E-state index contributed by atoms with van der Waals surface area (Å²) in [7, 11) is 1.91. The van der Waals surface area contributed by atoms with Gasteiger partial charge in [0.1, 0.15) is 0 Å². The normalized spacial score (nSPS) is 22.8. The number of guanidine groups is 1. The molecule has 2 unspecified atom stereocenters. The number of carbonyl (C=O) groups excluding carboxylic acids is 1. The van der Waals surface area contributed by atoms with E-state index in [2.05, 4.69) is 34.5 Å². The predicted octanol–water partition coefficient (Wildman–Crippen LogP) is 4.16. The van der Waals surface area contributed by atoms with Gasteiger partial charge in [0.25, 0.3) is 0 Å². The average Bonchev–Trinajstić information content (AvgIpc) is 3.06. The van der Waals surface area contributed by atoms with Crippen molar-refractivity contribution in [2.24, 2.45) is 10.9 Å². The Labute approximate surface area is 173 Å². The molecular formula is C24H30N4O. The van der Waals surface area contributed by atoms with Crippen LogP contribution in [-0.4, -0.2) is 48.3 Å². The molecule has 0 bridgehead atoms. The van der Waals surface area contributed by atoms with E-state index in [4.69, 9.17) is 4.99 Å². The van der Waals surface area contributed by atoms with Gasteiger partial charge in [-0.25, -0.2) is 0 Å². The van der Waals surface area contributed by atoms with E-state index >= 15 is 0 Å². The van der Waals surface area contributed by atoms with Gasteiger partial charge < -0.3 is 15.1 Å². The van der Waals surface area contributed by atoms with Crippen molar-refractivity contribution in [1.82, 2.24) is 9.80 Å². The Morgan fingerprint density at radius 1 is 1.00 bits per heavy atom. The van der Waals surface area contributed by atoms with Gasteiger partial charge in [0, 0.05) is 44.7 Å². The lowest BCUT2D eigenvalue weighted by Crippen LogP contribution is -2.40. The Hall–Kier alpha value is -2.82. The molecule has 2 aromatic rings. The molecule has 2 aliphatic heterocycles. The van der Waals surface area contributed by atoms with E-state index in [0.29, 0.717) is 13.0 Å².